The third-order valence-electron chi connectivity index (χ3n) is 4.36. The highest BCUT2D eigenvalue weighted by Crippen LogP contribution is 2.26. The third-order valence-corrected chi connectivity index (χ3v) is 4.36. The summed E-state index contributed by atoms with van der Waals surface area (Å²) in [6.07, 6.45) is 0. The van der Waals surface area contributed by atoms with E-state index in [2.05, 4.69) is 5.32 Å². The number of benzene rings is 3. The molecule has 1 N–H and O–H groups in total. The normalized spacial score (nSPS) is 10.4. The molecule has 3 aromatic carbocycles. The number of carbonyl (C=O) groups is 1. The predicted octanol–water partition coefficient (Wildman–Crippen LogP) is 5.80. The third kappa shape index (κ3) is 4.50. The van der Waals surface area contributed by atoms with Crippen molar-refractivity contribution in [3.05, 3.63) is 102 Å². The number of nitrogens with one attached hydrogen (secondary N) is 1. The zero-order valence-electron chi connectivity index (χ0n) is 16.0. The minimum atomic E-state index is -0.134. The second kappa shape index (κ2) is 8.40. The summed E-state index contributed by atoms with van der Waals surface area (Å²) in [7, 11) is 0. The summed E-state index contributed by atoms with van der Waals surface area (Å²) in [4.78, 5) is 16.3. The smallest absolute Gasteiger partial charge is 0.221 e. The summed E-state index contributed by atoms with van der Waals surface area (Å²) >= 11 is 0. The van der Waals surface area contributed by atoms with E-state index in [0.29, 0.717) is 11.4 Å². The molecule has 4 rings (SSSR count). The Labute approximate surface area is 169 Å². The largest absolute Gasteiger partial charge is 0.456 e. The van der Waals surface area contributed by atoms with E-state index in [1.54, 1.807) is 0 Å². The molecular formula is C25H20N2O2. The lowest BCUT2D eigenvalue weighted by Crippen LogP contribution is -2.07. The molecule has 0 spiro atoms. The van der Waals surface area contributed by atoms with Crippen LogP contribution >= 0.6 is 0 Å². The molecule has 0 saturated heterocycles. The Morgan fingerprint density at radius 1 is 0.759 bits per heavy atom. The molecule has 0 fully saturated rings. The number of nitrogens with zero attached hydrogens (tertiary/aromatic N) is 1. The molecular weight excluding hydrogens is 360 g/mol. The molecule has 0 atom stereocenters. The van der Waals surface area contributed by atoms with Gasteiger partial charge in [0, 0.05) is 30.2 Å². The maximum absolute atomic E-state index is 11.5. The van der Waals surface area contributed by atoms with Gasteiger partial charge in [0.15, 0.2) is 0 Å². The van der Waals surface area contributed by atoms with Crippen molar-refractivity contribution in [2.24, 2.45) is 4.99 Å². The molecule has 1 heterocycles. The van der Waals surface area contributed by atoms with E-state index in [0.717, 1.165) is 28.0 Å². The van der Waals surface area contributed by atoms with Crippen LogP contribution in [0.3, 0.4) is 0 Å². The second-order valence-electron chi connectivity index (χ2n) is 6.59. The lowest BCUT2D eigenvalue weighted by molar-refractivity contribution is -0.114. The van der Waals surface area contributed by atoms with Gasteiger partial charge in [-0.1, -0.05) is 72.8 Å². The Hall–Kier alpha value is -3.92. The van der Waals surface area contributed by atoms with Crippen molar-refractivity contribution in [2.45, 2.75) is 6.92 Å². The van der Waals surface area contributed by atoms with Gasteiger partial charge in [0.25, 0.3) is 0 Å². The average Bonchev–Trinajstić information content (AvgIpc) is 2.76. The van der Waals surface area contributed by atoms with Gasteiger partial charge in [-0.15, -0.1) is 0 Å². The van der Waals surface area contributed by atoms with E-state index in [4.69, 9.17) is 9.41 Å². The van der Waals surface area contributed by atoms with E-state index < -0.39 is 0 Å². The van der Waals surface area contributed by atoms with Gasteiger partial charge in [0.2, 0.25) is 5.91 Å². The molecule has 29 heavy (non-hydrogen) atoms. The quantitative estimate of drug-likeness (QED) is 0.486. The van der Waals surface area contributed by atoms with E-state index in [-0.39, 0.29) is 5.91 Å². The predicted molar refractivity (Wildman–Crippen MR) is 116 cm³/mol. The van der Waals surface area contributed by atoms with Crippen molar-refractivity contribution in [3.8, 4) is 22.6 Å². The van der Waals surface area contributed by atoms with E-state index in [1.807, 2.05) is 97.1 Å². The number of rotatable bonds is 4. The Morgan fingerprint density at radius 2 is 1.28 bits per heavy atom. The average molecular weight is 380 g/mol. The maximum atomic E-state index is 11.5. The first kappa shape index (κ1) is 18.4. The first-order valence-electron chi connectivity index (χ1n) is 9.36. The minimum absolute atomic E-state index is 0.134. The van der Waals surface area contributed by atoms with Crippen LogP contribution in [0.15, 0.2) is 106 Å². The molecule has 4 heteroatoms. The number of hydrogen-bond acceptors (Lipinski definition) is 3. The number of carbonyl (C=O) groups excluding carboxylic acids is 1. The lowest BCUT2D eigenvalue weighted by Gasteiger charge is -2.08. The molecule has 0 radical (unpaired) electrons. The maximum Gasteiger partial charge on any atom is 0.221 e. The Morgan fingerprint density at radius 3 is 1.83 bits per heavy atom. The van der Waals surface area contributed by atoms with Gasteiger partial charge < -0.3 is 9.73 Å². The molecule has 0 unspecified atom stereocenters. The second-order valence-corrected chi connectivity index (χ2v) is 6.59. The molecule has 0 saturated carbocycles. The first-order valence-corrected chi connectivity index (χ1v) is 9.36. The summed E-state index contributed by atoms with van der Waals surface area (Å²) in [6.45, 7) is 1.49. The van der Waals surface area contributed by atoms with Crippen LogP contribution in [0.25, 0.3) is 22.6 Å². The molecule has 4 nitrogen and oxygen atoms in total. The van der Waals surface area contributed by atoms with Gasteiger partial charge in [-0.05, 0) is 12.1 Å². The number of anilines is 1. The molecule has 0 aliphatic heterocycles. The summed E-state index contributed by atoms with van der Waals surface area (Å²) < 4.78 is 6.19. The fraction of sp³-hybridized carbons (Fsp3) is 0.0400. The van der Waals surface area contributed by atoms with Crippen LogP contribution in [0.4, 0.5) is 11.4 Å². The molecule has 0 aliphatic rings. The molecule has 0 aliphatic carbocycles. The Kier molecular flexibility index (Phi) is 5.34. The summed E-state index contributed by atoms with van der Waals surface area (Å²) in [5.74, 6) is 1.32. The van der Waals surface area contributed by atoms with E-state index in [9.17, 15) is 4.79 Å². The van der Waals surface area contributed by atoms with Crippen LogP contribution in [0.5, 0.6) is 0 Å². The topological polar surface area (TPSA) is 54.6 Å². The van der Waals surface area contributed by atoms with Crippen molar-refractivity contribution < 1.29 is 9.21 Å². The van der Waals surface area contributed by atoms with Gasteiger partial charge >= 0.3 is 0 Å². The van der Waals surface area contributed by atoms with Gasteiger partial charge in [-0.25, -0.2) is 4.99 Å². The van der Waals surface area contributed by atoms with Crippen LogP contribution in [-0.4, -0.2) is 5.91 Å². The number of amides is 1. The fourth-order valence-electron chi connectivity index (χ4n) is 3.05. The number of hydrogen-bond donors (Lipinski definition) is 1. The van der Waals surface area contributed by atoms with Crippen LogP contribution < -0.4 is 10.7 Å². The molecule has 1 aromatic heterocycles. The van der Waals surface area contributed by atoms with Crippen LogP contribution in [0.2, 0.25) is 0 Å². The Balaban J connectivity index is 1.90. The van der Waals surface area contributed by atoms with Gasteiger partial charge in [-0.2, -0.15) is 0 Å². The first-order chi connectivity index (χ1) is 14.2. The Bertz CT molecular complexity index is 1140. The van der Waals surface area contributed by atoms with Crippen LogP contribution in [0.1, 0.15) is 6.92 Å². The van der Waals surface area contributed by atoms with Crippen molar-refractivity contribution in [3.63, 3.8) is 0 Å². The van der Waals surface area contributed by atoms with Crippen LogP contribution in [-0.2, 0) is 4.79 Å². The van der Waals surface area contributed by atoms with Gasteiger partial charge in [0.1, 0.15) is 11.5 Å². The van der Waals surface area contributed by atoms with Gasteiger partial charge in [0.05, 0.1) is 16.7 Å². The molecule has 0 bridgehead atoms. The van der Waals surface area contributed by atoms with Crippen molar-refractivity contribution in [2.75, 3.05) is 5.32 Å². The van der Waals surface area contributed by atoms with Gasteiger partial charge in [-0.3, -0.25) is 4.79 Å². The highest BCUT2D eigenvalue weighted by molar-refractivity contribution is 5.91. The highest BCUT2D eigenvalue weighted by Gasteiger charge is 2.07. The lowest BCUT2D eigenvalue weighted by atomic mass is 10.1. The molecule has 142 valence electrons. The monoisotopic (exact) mass is 380 g/mol. The summed E-state index contributed by atoms with van der Waals surface area (Å²) in [5, 5.41) is 3.57. The zero-order valence-corrected chi connectivity index (χ0v) is 16.0. The van der Waals surface area contributed by atoms with E-state index in [1.165, 1.54) is 6.92 Å². The van der Waals surface area contributed by atoms with Crippen molar-refractivity contribution in [1.82, 2.24) is 0 Å². The fourth-order valence-corrected chi connectivity index (χ4v) is 3.05. The standard InChI is InChI=1S/C25H20N2O2/c1-18(28)26-22-14-8-9-15-23(22)27-21-16-24(19-10-4-2-5-11-19)29-25(17-21)20-12-6-3-7-13-20/h2-17H,1H3,(H,26,28). The van der Waals surface area contributed by atoms with Crippen LogP contribution in [0, 0.1) is 0 Å². The summed E-state index contributed by atoms with van der Waals surface area (Å²) in [6, 6.07) is 31.2. The minimum Gasteiger partial charge on any atom is -0.456 e. The van der Waals surface area contributed by atoms with Crippen molar-refractivity contribution >= 4 is 17.3 Å². The van der Waals surface area contributed by atoms with E-state index >= 15 is 0 Å². The SMILES string of the molecule is CC(=O)Nc1ccccc1N=c1cc(-c2ccccc2)oc(-c2ccccc2)c1. The zero-order chi connectivity index (χ0) is 20.1. The highest BCUT2D eigenvalue weighted by atomic mass is 16.3. The molecule has 1 amide bonds. The molecule has 4 aromatic rings. The number of para-hydroxylation sites is 2. The van der Waals surface area contributed by atoms with Crippen molar-refractivity contribution in [1.29, 1.82) is 0 Å². The summed E-state index contributed by atoms with van der Waals surface area (Å²) in [5.41, 5.74) is 3.30.